The topological polar surface area (TPSA) is 46.2 Å². The molecule has 1 unspecified atom stereocenters. The minimum absolute atomic E-state index is 0.308. The van der Waals surface area contributed by atoms with E-state index in [1.165, 1.54) is 0 Å². The normalized spacial score (nSPS) is 14.9. The van der Waals surface area contributed by atoms with Crippen molar-refractivity contribution in [2.45, 2.75) is 58.6 Å². The second kappa shape index (κ2) is 7.37. The summed E-state index contributed by atoms with van der Waals surface area (Å²) in [6, 6.07) is 0. The van der Waals surface area contributed by atoms with Crippen LogP contribution in [-0.2, 0) is 9.84 Å². The molecule has 0 aromatic carbocycles. The highest BCUT2D eigenvalue weighted by Crippen LogP contribution is 2.19. The number of rotatable bonds is 8. The molecule has 4 heteroatoms. The summed E-state index contributed by atoms with van der Waals surface area (Å²) in [5.74, 6) is 0.779. The third-order valence-corrected chi connectivity index (χ3v) is 5.80. The van der Waals surface area contributed by atoms with Gasteiger partial charge < -0.3 is 5.32 Å². The summed E-state index contributed by atoms with van der Waals surface area (Å²) < 4.78 is 23.3. The van der Waals surface area contributed by atoms with Gasteiger partial charge in [-0.25, -0.2) is 8.42 Å². The Labute approximate surface area is 107 Å². The van der Waals surface area contributed by atoms with Crippen molar-refractivity contribution < 1.29 is 8.42 Å². The highest BCUT2D eigenvalue weighted by atomic mass is 32.2. The van der Waals surface area contributed by atoms with E-state index in [1.54, 1.807) is 20.8 Å². The third-order valence-electron chi connectivity index (χ3n) is 3.16. The van der Waals surface area contributed by atoms with Crippen LogP contribution in [0.15, 0.2) is 0 Å². The van der Waals surface area contributed by atoms with Crippen molar-refractivity contribution in [3.63, 3.8) is 0 Å². The first-order valence-electron chi connectivity index (χ1n) is 6.67. The van der Waals surface area contributed by atoms with Crippen molar-refractivity contribution in [3.05, 3.63) is 0 Å². The first-order chi connectivity index (χ1) is 7.74. The molecule has 0 amide bonds. The van der Waals surface area contributed by atoms with E-state index >= 15 is 0 Å². The lowest BCUT2D eigenvalue weighted by atomic mass is 10.0. The molecule has 0 saturated carbocycles. The second-order valence-electron chi connectivity index (χ2n) is 5.70. The SMILES string of the molecule is CCCNCC(CC)CCS(=O)(=O)C(C)(C)C. The molecule has 104 valence electrons. The highest BCUT2D eigenvalue weighted by Gasteiger charge is 2.28. The average molecular weight is 263 g/mol. The Morgan fingerprint density at radius 1 is 1.18 bits per heavy atom. The van der Waals surface area contributed by atoms with E-state index in [4.69, 9.17) is 0 Å². The number of nitrogens with one attached hydrogen (secondary N) is 1. The Morgan fingerprint density at radius 3 is 2.18 bits per heavy atom. The molecule has 0 saturated heterocycles. The van der Waals surface area contributed by atoms with Crippen LogP contribution in [0.25, 0.3) is 0 Å². The number of hydrogen-bond donors (Lipinski definition) is 1. The van der Waals surface area contributed by atoms with Gasteiger partial charge in [0.15, 0.2) is 9.84 Å². The lowest BCUT2D eigenvalue weighted by Crippen LogP contribution is -2.32. The molecule has 0 spiro atoms. The Kier molecular flexibility index (Phi) is 7.33. The van der Waals surface area contributed by atoms with Crippen molar-refractivity contribution in [3.8, 4) is 0 Å². The Morgan fingerprint density at radius 2 is 1.76 bits per heavy atom. The fourth-order valence-electron chi connectivity index (χ4n) is 1.56. The predicted octanol–water partition coefficient (Wildman–Crippen LogP) is 2.62. The minimum Gasteiger partial charge on any atom is -0.316 e. The largest absolute Gasteiger partial charge is 0.316 e. The summed E-state index contributed by atoms with van der Waals surface area (Å²) >= 11 is 0. The summed E-state index contributed by atoms with van der Waals surface area (Å²) in [6.45, 7) is 11.5. The lowest BCUT2D eigenvalue weighted by molar-refractivity contribution is 0.446. The van der Waals surface area contributed by atoms with Crippen molar-refractivity contribution >= 4 is 9.84 Å². The molecule has 1 N–H and O–H groups in total. The zero-order valence-corrected chi connectivity index (χ0v) is 12.9. The molecule has 17 heavy (non-hydrogen) atoms. The van der Waals surface area contributed by atoms with Gasteiger partial charge >= 0.3 is 0 Å². The Bertz CT molecular complexity index is 291. The molecule has 3 nitrogen and oxygen atoms in total. The Hall–Kier alpha value is -0.0900. The average Bonchev–Trinajstić information content (AvgIpc) is 2.21. The molecule has 0 bridgehead atoms. The molecule has 0 aliphatic carbocycles. The summed E-state index contributed by atoms with van der Waals surface area (Å²) in [6.07, 6.45) is 2.93. The second-order valence-corrected chi connectivity index (χ2v) is 8.56. The van der Waals surface area contributed by atoms with Crippen LogP contribution in [0.5, 0.6) is 0 Å². The standard InChI is InChI=1S/C13H29NO2S/c1-6-9-14-11-12(7-2)8-10-17(15,16)13(3,4)5/h12,14H,6-11H2,1-5H3. The summed E-state index contributed by atoms with van der Waals surface area (Å²) in [4.78, 5) is 0. The van der Waals surface area contributed by atoms with E-state index in [0.717, 1.165) is 32.4 Å². The monoisotopic (exact) mass is 263 g/mol. The van der Waals surface area contributed by atoms with Crippen LogP contribution >= 0.6 is 0 Å². The third kappa shape index (κ3) is 6.41. The maximum absolute atomic E-state index is 12.0. The number of sulfone groups is 1. The molecular weight excluding hydrogens is 234 g/mol. The molecule has 1 atom stereocenters. The van der Waals surface area contributed by atoms with E-state index in [9.17, 15) is 8.42 Å². The van der Waals surface area contributed by atoms with E-state index in [0.29, 0.717) is 11.7 Å². The molecular formula is C13H29NO2S. The zero-order valence-electron chi connectivity index (χ0n) is 12.0. The molecule has 0 rings (SSSR count). The van der Waals surface area contributed by atoms with E-state index in [2.05, 4.69) is 19.2 Å². The van der Waals surface area contributed by atoms with Gasteiger partial charge in [-0.1, -0.05) is 20.3 Å². The fourth-order valence-corrected chi connectivity index (χ4v) is 2.82. The van der Waals surface area contributed by atoms with Gasteiger partial charge in [0.25, 0.3) is 0 Å². The van der Waals surface area contributed by atoms with Crippen molar-refractivity contribution in [2.24, 2.45) is 5.92 Å². The molecule has 0 radical (unpaired) electrons. The van der Waals surface area contributed by atoms with E-state index in [1.807, 2.05) is 0 Å². The molecule has 0 aromatic rings. The van der Waals surface area contributed by atoms with Gasteiger partial charge in [0.05, 0.1) is 10.5 Å². The quantitative estimate of drug-likeness (QED) is 0.685. The van der Waals surface area contributed by atoms with Gasteiger partial charge in [0.2, 0.25) is 0 Å². The van der Waals surface area contributed by atoms with E-state index < -0.39 is 14.6 Å². The molecule has 0 aliphatic heterocycles. The first kappa shape index (κ1) is 16.9. The molecule has 0 aliphatic rings. The van der Waals surface area contributed by atoms with Crippen molar-refractivity contribution in [2.75, 3.05) is 18.8 Å². The zero-order chi connectivity index (χ0) is 13.5. The van der Waals surface area contributed by atoms with Crippen LogP contribution < -0.4 is 5.32 Å². The summed E-state index contributed by atoms with van der Waals surface area (Å²) in [5.41, 5.74) is 0. The van der Waals surface area contributed by atoms with Crippen LogP contribution in [0.4, 0.5) is 0 Å². The predicted molar refractivity (Wildman–Crippen MR) is 75.1 cm³/mol. The van der Waals surface area contributed by atoms with Crippen molar-refractivity contribution in [1.82, 2.24) is 5.32 Å². The lowest BCUT2D eigenvalue weighted by Gasteiger charge is -2.21. The van der Waals surface area contributed by atoms with Crippen LogP contribution in [-0.4, -0.2) is 32.0 Å². The van der Waals surface area contributed by atoms with Gasteiger partial charge in [-0.05, 0) is 52.6 Å². The number of hydrogen-bond acceptors (Lipinski definition) is 3. The van der Waals surface area contributed by atoms with Crippen molar-refractivity contribution in [1.29, 1.82) is 0 Å². The molecule has 0 fully saturated rings. The highest BCUT2D eigenvalue weighted by molar-refractivity contribution is 7.92. The summed E-state index contributed by atoms with van der Waals surface area (Å²) in [7, 11) is -2.96. The van der Waals surface area contributed by atoms with Gasteiger partial charge in [-0.15, -0.1) is 0 Å². The van der Waals surface area contributed by atoms with Crippen LogP contribution in [0.1, 0.15) is 53.9 Å². The maximum Gasteiger partial charge on any atom is 0.155 e. The fraction of sp³-hybridized carbons (Fsp3) is 1.00. The van der Waals surface area contributed by atoms with Crippen LogP contribution in [0.2, 0.25) is 0 Å². The van der Waals surface area contributed by atoms with Gasteiger partial charge in [-0.2, -0.15) is 0 Å². The Balaban J connectivity index is 4.15. The van der Waals surface area contributed by atoms with Crippen LogP contribution in [0.3, 0.4) is 0 Å². The van der Waals surface area contributed by atoms with Gasteiger partial charge in [-0.3, -0.25) is 0 Å². The van der Waals surface area contributed by atoms with E-state index in [-0.39, 0.29) is 0 Å². The van der Waals surface area contributed by atoms with Crippen LogP contribution in [0, 0.1) is 5.92 Å². The van der Waals surface area contributed by atoms with Gasteiger partial charge in [0.1, 0.15) is 0 Å². The summed E-state index contributed by atoms with van der Waals surface area (Å²) in [5, 5.41) is 3.37. The molecule has 0 heterocycles. The minimum atomic E-state index is -2.96. The molecule has 0 aromatic heterocycles. The first-order valence-corrected chi connectivity index (χ1v) is 8.32. The van der Waals surface area contributed by atoms with Gasteiger partial charge in [0, 0.05) is 0 Å². The smallest absolute Gasteiger partial charge is 0.155 e. The maximum atomic E-state index is 12.0.